The number of aliphatic imine (C=N–C) groups is 1. The van der Waals surface area contributed by atoms with E-state index in [1.165, 1.54) is 0 Å². The van der Waals surface area contributed by atoms with E-state index in [1.54, 1.807) is 18.8 Å². The lowest BCUT2D eigenvalue weighted by atomic mass is 10.2. The third-order valence-electron chi connectivity index (χ3n) is 2.28. The molecule has 0 fully saturated rings. The zero-order valence-electron chi connectivity index (χ0n) is 13.5. The molecule has 0 saturated carbocycles. The molecule has 0 aromatic heterocycles. The van der Waals surface area contributed by atoms with Gasteiger partial charge in [-0.3, -0.25) is 9.79 Å². The van der Waals surface area contributed by atoms with Crippen LogP contribution in [0.25, 0.3) is 0 Å². The second kappa shape index (κ2) is 9.70. The average Bonchev–Trinajstić information content (AvgIpc) is 2.27. The smallest absolute Gasteiger partial charge is 0.325 e. The van der Waals surface area contributed by atoms with Crippen molar-refractivity contribution in [3.63, 3.8) is 0 Å². The van der Waals surface area contributed by atoms with Crippen LogP contribution in [0.3, 0.4) is 0 Å². The van der Waals surface area contributed by atoms with Gasteiger partial charge in [0.1, 0.15) is 12.1 Å². The summed E-state index contributed by atoms with van der Waals surface area (Å²) in [5.41, 5.74) is -0.462. The molecule has 0 atom stereocenters. The van der Waals surface area contributed by atoms with Crippen molar-refractivity contribution >= 4 is 47.7 Å². The van der Waals surface area contributed by atoms with Crippen LogP contribution < -0.4 is 10.6 Å². The van der Waals surface area contributed by atoms with E-state index in [0.717, 1.165) is 6.54 Å². The molecule has 0 saturated heterocycles. The number of halogens is 1. The van der Waals surface area contributed by atoms with Crippen LogP contribution in [0.15, 0.2) is 4.99 Å². The first kappa shape index (κ1) is 22.1. The maximum atomic E-state index is 11.6. The van der Waals surface area contributed by atoms with Crippen molar-refractivity contribution < 1.29 is 9.53 Å². The van der Waals surface area contributed by atoms with Gasteiger partial charge in [0.15, 0.2) is 5.96 Å². The van der Waals surface area contributed by atoms with Gasteiger partial charge in [-0.25, -0.2) is 0 Å². The van der Waals surface area contributed by atoms with E-state index in [2.05, 4.69) is 35.7 Å². The minimum atomic E-state index is -0.462. The van der Waals surface area contributed by atoms with E-state index in [0.29, 0.717) is 5.96 Å². The number of hydrogen-bond donors (Lipinski definition) is 2. The molecule has 0 bridgehead atoms. The average molecular weight is 417 g/mol. The van der Waals surface area contributed by atoms with Crippen molar-refractivity contribution in [2.45, 2.75) is 45.0 Å². The third-order valence-corrected chi connectivity index (χ3v) is 3.53. The summed E-state index contributed by atoms with van der Waals surface area (Å²) in [5.74, 6) is 0.313. The predicted molar refractivity (Wildman–Crippen MR) is 98.2 cm³/mol. The summed E-state index contributed by atoms with van der Waals surface area (Å²) in [5, 5.41) is 6.13. The molecule has 20 heavy (non-hydrogen) atoms. The van der Waals surface area contributed by atoms with Crippen LogP contribution in [-0.4, -0.2) is 48.7 Å². The number of ether oxygens (including phenoxy) is 1. The highest BCUT2D eigenvalue weighted by molar-refractivity contribution is 14.0. The van der Waals surface area contributed by atoms with E-state index in [9.17, 15) is 4.79 Å². The second-order valence-electron chi connectivity index (χ2n) is 5.83. The number of carbonyl (C=O) groups excluding carboxylic acids is 1. The Hall–Kier alpha value is -0.180. The highest BCUT2D eigenvalue weighted by atomic mass is 127. The molecule has 0 aromatic carbocycles. The van der Waals surface area contributed by atoms with Crippen molar-refractivity contribution in [2.24, 2.45) is 4.99 Å². The van der Waals surface area contributed by atoms with Gasteiger partial charge in [-0.1, -0.05) is 0 Å². The van der Waals surface area contributed by atoms with Crippen LogP contribution in [0.5, 0.6) is 0 Å². The van der Waals surface area contributed by atoms with E-state index < -0.39 is 5.60 Å². The van der Waals surface area contributed by atoms with Gasteiger partial charge in [-0.05, 0) is 40.9 Å². The van der Waals surface area contributed by atoms with Crippen molar-refractivity contribution in [3.8, 4) is 0 Å². The summed E-state index contributed by atoms with van der Waals surface area (Å²) in [6.45, 7) is 10.7. The zero-order valence-corrected chi connectivity index (χ0v) is 16.6. The zero-order chi connectivity index (χ0) is 15.1. The molecule has 0 heterocycles. The largest absolute Gasteiger partial charge is 0.459 e. The maximum Gasteiger partial charge on any atom is 0.325 e. The summed E-state index contributed by atoms with van der Waals surface area (Å²) in [4.78, 5) is 15.6. The van der Waals surface area contributed by atoms with Crippen LogP contribution in [0.1, 0.15) is 34.6 Å². The normalized spacial score (nSPS) is 12.4. The molecule has 0 unspecified atom stereocenters. The topological polar surface area (TPSA) is 62.7 Å². The number of nitrogens with zero attached hydrogens (tertiary/aromatic N) is 1. The van der Waals surface area contributed by atoms with Gasteiger partial charge < -0.3 is 15.4 Å². The molecule has 0 aromatic rings. The first-order valence-electron chi connectivity index (χ1n) is 6.31. The Morgan fingerprint density at radius 3 is 2.15 bits per heavy atom. The Balaban J connectivity index is 0. The van der Waals surface area contributed by atoms with E-state index in [1.807, 2.05) is 20.8 Å². The lowest BCUT2D eigenvalue weighted by Crippen LogP contribution is -2.45. The Morgan fingerprint density at radius 1 is 1.20 bits per heavy atom. The number of thioether (sulfide) groups is 1. The number of esters is 1. The van der Waals surface area contributed by atoms with Gasteiger partial charge in [-0.2, -0.15) is 11.8 Å². The summed E-state index contributed by atoms with van der Waals surface area (Å²) in [6, 6.07) is 0. The highest BCUT2D eigenvalue weighted by Crippen LogP contribution is 2.19. The summed E-state index contributed by atoms with van der Waals surface area (Å²) >= 11 is 1.77. The van der Waals surface area contributed by atoms with Gasteiger partial charge in [0.25, 0.3) is 0 Å². The summed E-state index contributed by atoms with van der Waals surface area (Å²) < 4.78 is 5.33. The lowest BCUT2D eigenvalue weighted by Gasteiger charge is -2.24. The molecule has 0 aliphatic carbocycles. The fourth-order valence-electron chi connectivity index (χ4n) is 1.12. The highest BCUT2D eigenvalue weighted by Gasteiger charge is 2.18. The molecule has 0 amide bonds. The van der Waals surface area contributed by atoms with Crippen molar-refractivity contribution in [1.29, 1.82) is 0 Å². The maximum absolute atomic E-state index is 11.6. The second-order valence-corrected chi connectivity index (χ2v) is 7.34. The molecule has 0 rings (SSSR count). The van der Waals surface area contributed by atoms with Crippen molar-refractivity contribution in [1.82, 2.24) is 10.6 Å². The van der Waals surface area contributed by atoms with Crippen LogP contribution in [0, 0.1) is 0 Å². The molecular formula is C13H28IN3O2S. The lowest BCUT2D eigenvalue weighted by molar-refractivity contribution is -0.153. The van der Waals surface area contributed by atoms with Crippen LogP contribution in [0.4, 0.5) is 0 Å². The van der Waals surface area contributed by atoms with Gasteiger partial charge in [0, 0.05) is 18.3 Å². The molecule has 0 radical (unpaired) electrons. The van der Waals surface area contributed by atoms with Crippen LogP contribution in [0.2, 0.25) is 0 Å². The quantitative estimate of drug-likeness (QED) is 0.311. The standard InChI is InChI=1S/C13H27N3O2S.HI/c1-12(2,3)18-10(17)8-15-11(14-6)16-9-13(4,5)19-7;/h8-9H2,1-7H3,(H2,14,15,16);1H. The first-order chi connectivity index (χ1) is 8.59. The number of nitrogens with one attached hydrogen (secondary N) is 2. The number of hydrogen-bond acceptors (Lipinski definition) is 4. The Bertz CT molecular complexity index is 328. The molecular weight excluding hydrogens is 389 g/mol. The fourth-order valence-corrected chi connectivity index (χ4v) is 1.34. The molecule has 5 nitrogen and oxygen atoms in total. The molecule has 7 heteroatoms. The molecule has 0 aliphatic heterocycles. The Labute approximate surface area is 144 Å². The summed E-state index contributed by atoms with van der Waals surface area (Å²) in [7, 11) is 1.68. The van der Waals surface area contributed by atoms with Gasteiger partial charge in [0.05, 0.1) is 0 Å². The molecule has 2 N–H and O–H groups in total. The monoisotopic (exact) mass is 417 g/mol. The van der Waals surface area contributed by atoms with Gasteiger partial charge in [0.2, 0.25) is 0 Å². The fraction of sp³-hybridized carbons (Fsp3) is 0.846. The minimum Gasteiger partial charge on any atom is -0.459 e. The van der Waals surface area contributed by atoms with Crippen LogP contribution >= 0.6 is 35.7 Å². The SMILES string of the molecule is CN=C(NCC(=O)OC(C)(C)C)NCC(C)(C)SC.I. The van der Waals surface area contributed by atoms with Crippen molar-refractivity contribution in [3.05, 3.63) is 0 Å². The molecule has 120 valence electrons. The number of carbonyl (C=O) groups is 1. The first-order valence-corrected chi connectivity index (χ1v) is 7.53. The van der Waals surface area contributed by atoms with Crippen molar-refractivity contribution in [2.75, 3.05) is 26.4 Å². The van der Waals surface area contributed by atoms with E-state index in [4.69, 9.17) is 4.74 Å². The van der Waals surface area contributed by atoms with Gasteiger partial charge in [-0.15, -0.1) is 24.0 Å². The van der Waals surface area contributed by atoms with E-state index >= 15 is 0 Å². The Kier molecular flexibility index (Phi) is 10.7. The summed E-state index contributed by atoms with van der Waals surface area (Å²) in [6.07, 6.45) is 2.07. The number of guanidine groups is 1. The van der Waals surface area contributed by atoms with E-state index in [-0.39, 0.29) is 41.2 Å². The Morgan fingerprint density at radius 2 is 1.75 bits per heavy atom. The number of rotatable bonds is 5. The van der Waals surface area contributed by atoms with Crippen LogP contribution in [-0.2, 0) is 9.53 Å². The molecule has 0 aliphatic rings. The predicted octanol–water partition coefficient (Wildman–Crippen LogP) is 2.25. The van der Waals surface area contributed by atoms with Gasteiger partial charge >= 0.3 is 5.97 Å². The minimum absolute atomic E-state index is 0. The third kappa shape index (κ3) is 11.6. The molecule has 0 spiro atoms.